The smallest absolute Gasteiger partial charge is 0.145 e. The van der Waals surface area contributed by atoms with Crippen LogP contribution in [0.3, 0.4) is 0 Å². The number of nitriles is 1. The first-order chi connectivity index (χ1) is 8.26. The largest absolute Gasteiger partial charge is 0.296 e. The van der Waals surface area contributed by atoms with Gasteiger partial charge in [0.2, 0.25) is 0 Å². The van der Waals surface area contributed by atoms with Crippen LogP contribution in [0.4, 0.5) is 4.39 Å². The fourth-order valence-electron chi connectivity index (χ4n) is 2.12. The summed E-state index contributed by atoms with van der Waals surface area (Å²) in [6.45, 7) is 3.76. The van der Waals surface area contributed by atoms with E-state index in [0.29, 0.717) is 18.2 Å². The van der Waals surface area contributed by atoms with E-state index in [2.05, 4.69) is 11.8 Å². The molecular weight excluding hydrogens is 215 g/mol. The maximum Gasteiger partial charge on any atom is 0.145 e. The van der Waals surface area contributed by atoms with Crippen molar-refractivity contribution in [1.29, 1.82) is 5.26 Å². The molecule has 0 saturated heterocycles. The molecule has 1 aliphatic rings. The number of benzene rings is 1. The molecule has 0 aliphatic heterocycles. The highest BCUT2D eigenvalue weighted by Gasteiger charge is 2.28. The van der Waals surface area contributed by atoms with Crippen molar-refractivity contribution in [1.82, 2.24) is 4.90 Å². The highest BCUT2D eigenvalue weighted by Crippen LogP contribution is 2.29. The predicted octanol–water partition coefficient (Wildman–Crippen LogP) is 3.07. The molecule has 1 aromatic rings. The first-order valence-corrected chi connectivity index (χ1v) is 6.17. The van der Waals surface area contributed by atoms with Gasteiger partial charge in [-0.1, -0.05) is 19.1 Å². The second-order valence-corrected chi connectivity index (χ2v) is 4.59. The van der Waals surface area contributed by atoms with E-state index in [-0.39, 0.29) is 11.4 Å². The zero-order valence-corrected chi connectivity index (χ0v) is 10.1. The molecule has 2 rings (SSSR count). The average Bonchev–Trinajstić information content (AvgIpc) is 3.15. The van der Waals surface area contributed by atoms with Gasteiger partial charge in [0.25, 0.3) is 0 Å². The van der Waals surface area contributed by atoms with Gasteiger partial charge in [-0.2, -0.15) is 5.26 Å². The summed E-state index contributed by atoms with van der Waals surface area (Å²) >= 11 is 0. The minimum Gasteiger partial charge on any atom is -0.296 e. The van der Waals surface area contributed by atoms with Gasteiger partial charge in [-0.05, 0) is 31.9 Å². The van der Waals surface area contributed by atoms with Crippen LogP contribution >= 0.6 is 0 Å². The second-order valence-electron chi connectivity index (χ2n) is 4.59. The van der Waals surface area contributed by atoms with E-state index < -0.39 is 0 Å². The third-order valence-electron chi connectivity index (χ3n) is 3.15. The van der Waals surface area contributed by atoms with Gasteiger partial charge in [0, 0.05) is 18.2 Å². The summed E-state index contributed by atoms with van der Waals surface area (Å²) in [4.78, 5) is 2.32. The lowest BCUT2D eigenvalue weighted by Crippen LogP contribution is -2.26. The van der Waals surface area contributed by atoms with E-state index >= 15 is 0 Å². The zero-order valence-electron chi connectivity index (χ0n) is 10.1. The van der Waals surface area contributed by atoms with Crippen LogP contribution in [-0.2, 0) is 6.54 Å². The molecule has 0 amide bonds. The summed E-state index contributed by atoms with van der Waals surface area (Å²) in [6, 6.07) is 7.58. The number of halogens is 1. The van der Waals surface area contributed by atoms with E-state index in [1.807, 2.05) is 6.07 Å². The summed E-state index contributed by atoms with van der Waals surface area (Å²) in [5, 5.41) is 8.80. The molecule has 17 heavy (non-hydrogen) atoms. The Morgan fingerprint density at radius 3 is 2.82 bits per heavy atom. The lowest BCUT2D eigenvalue weighted by atomic mass is 10.1. The van der Waals surface area contributed by atoms with Crippen molar-refractivity contribution < 1.29 is 4.39 Å². The fraction of sp³-hybridized carbons (Fsp3) is 0.500. The molecule has 0 N–H and O–H groups in total. The topological polar surface area (TPSA) is 27.0 Å². The summed E-state index contributed by atoms with van der Waals surface area (Å²) in [5.74, 6) is -0.350. The number of nitrogens with zero attached hydrogens (tertiary/aromatic N) is 2. The van der Waals surface area contributed by atoms with Crippen LogP contribution < -0.4 is 0 Å². The molecule has 0 bridgehead atoms. The van der Waals surface area contributed by atoms with Crippen LogP contribution in [-0.4, -0.2) is 17.5 Å². The molecule has 3 heteroatoms. The molecule has 1 saturated carbocycles. The van der Waals surface area contributed by atoms with E-state index in [1.165, 1.54) is 18.9 Å². The minimum atomic E-state index is -0.350. The van der Waals surface area contributed by atoms with Gasteiger partial charge in [0.1, 0.15) is 11.9 Å². The summed E-state index contributed by atoms with van der Waals surface area (Å²) in [7, 11) is 0. The lowest BCUT2D eigenvalue weighted by molar-refractivity contribution is 0.252. The molecule has 0 radical (unpaired) electrons. The molecule has 90 valence electrons. The number of rotatable bonds is 5. The lowest BCUT2D eigenvalue weighted by Gasteiger charge is -2.21. The second kappa shape index (κ2) is 5.29. The van der Waals surface area contributed by atoms with E-state index in [4.69, 9.17) is 5.26 Å². The van der Waals surface area contributed by atoms with Gasteiger partial charge in [-0.3, -0.25) is 4.90 Å². The van der Waals surface area contributed by atoms with Crippen LogP contribution in [0, 0.1) is 17.1 Å². The molecule has 1 fully saturated rings. The van der Waals surface area contributed by atoms with Crippen molar-refractivity contribution >= 4 is 0 Å². The molecule has 0 atom stereocenters. The van der Waals surface area contributed by atoms with Gasteiger partial charge < -0.3 is 0 Å². The first kappa shape index (κ1) is 12.1. The van der Waals surface area contributed by atoms with Crippen LogP contribution in [0.25, 0.3) is 0 Å². The van der Waals surface area contributed by atoms with Crippen molar-refractivity contribution in [3.8, 4) is 6.07 Å². The predicted molar refractivity (Wildman–Crippen MR) is 64.8 cm³/mol. The van der Waals surface area contributed by atoms with E-state index in [0.717, 1.165) is 13.0 Å². The highest BCUT2D eigenvalue weighted by molar-refractivity contribution is 5.35. The van der Waals surface area contributed by atoms with Gasteiger partial charge in [0.05, 0.1) is 5.56 Å². The standard InChI is InChI=1S/C14H17FN2/c1-2-8-17(13-6-7-13)10-12-5-3-4-11(9-16)14(12)15/h3-5,13H,2,6-8,10H2,1H3. The SMILES string of the molecule is CCCN(Cc1cccc(C#N)c1F)C1CC1. The Morgan fingerprint density at radius 2 is 2.24 bits per heavy atom. The van der Waals surface area contributed by atoms with Crippen molar-refractivity contribution in [3.05, 3.63) is 35.1 Å². The number of hydrogen-bond donors (Lipinski definition) is 0. The summed E-state index contributed by atoms with van der Waals surface area (Å²) in [5.41, 5.74) is 0.791. The monoisotopic (exact) mass is 232 g/mol. The summed E-state index contributed by atoms with van der Waals surface area (Å²) < 4.78 is 13.9. The fourth-order valence-corrected chi connectivity index (χ4v) is 2.12. The van der Waals surface area contributed by atoms with E-state index in [1.54, 1.807) is 12.1 Å². The van der Waals surface area contributed by atoms with Gasteiger partial charge >= 0.3 is 0 Å². The third-order valence-corrected chi connectivity index (χ3v) is 3.15. The molecule has 0 aromatic heterocycles. The van der Waals surface area contributed by atoms with Crippen molar-refractivity contribution in [2.24, 2.45) is 0 Å². The third kappa shape index (κ3) is 2.83. The van der Waals surface area contributed by atoms with Gasteiger partial charge in [-0.15, -0.1) is 0 Å². The zero-order chi connectivity index (χ0) is 12.3. The maximum absolute atomic E-state index is 13.9. The van der Waals surface area contributed by atoms with Crippen LogP contribution in [0.1, 0.15) is 37.3 Å². The van der Waals surface area contributed by atoms with Crippen LogP contribution in [0.15, 0.2) is 18.2 Å². The average molecular weight is 232 g/mol. The quantitative estimate of drug-likeness (QED) is 0.780. The van der Waals surface area contributed by atoms with Crippen LogP contribution in [0.5, 0.6) is 0 Å². The number of hydrogen-bond acceptors (Lipinski definition) is 2. The summed E-state index contributed by atoms with van der Waals surface area (Å²) in [6.07, 6.45) is 3.52. The molecule has 1 aliphatic carbocycles. The van der Waals surface area contributed by atoms with Gasteiger partial charge in [-0.25, -0.2) is 4.39 Å². The minimum absolute atomic E-state index is 0.148. The molecule has 2 nitrogen and oxygen atoms in total. The molecule has 0 spiro atoms. The molecule has 0 unspecified atom stereocenters. The Balaban J connectivity index is 2.14. The molecular formula is C14H17FN2. The Hall–Kier alpha value is -1.40. The van der Waals surface area contributed by atoms with Crippen molar-refractivity contribution in [3.63, 3.8) is 0 Å². The molecule has 1 aromatic carbocycles. The highest BCUT2D eigenvalue weighted by atomic mass is 19.1. The molecule has 0 heterocycles. The van der Waals surface area contributed by atoms with Crippen molar-refractivity contribution in [2.45, 2.75) is 38.8 Å². The van der Waals surface area contributed by atoms with Crippen molar-refractivity contribution in [2.75, 3.05) is 6.54 Å². The Morgan fingerprint density at radius 1 is 1.47 bits per heavy atom. The van der Waals surface area contributed by atoms with Gasteiger partial charge in [0.15, 0.2) is 0 Å². The normalized spacial score (nSPS) is 14.9. The Kier molecular flexibility index (Phi) is 3.75. The Labute approximate surface area is 102 Å². The first-order valence-electron chi connectivity index (χ1n) is 6.17. The maximum atomic E-state index is 13.9. The Bertz CT molecular complexity index is 432. The van der Waals surface area contributed by atoms with Crippen LogP contribution in [0.2, 0.25) is 0 Å². The van der Waals surface area contributed by atoms with E-state index in [9.17, 15) is 4.39 Å².